The lowest BCUT2D eigenvalue weighted by atomic mass is 10.0. The summed E-state index contributed by atoms with van der Waals surface area (Å²) in [5.41, 5.74) is 12.9. The van der Waals surface area contributed by atoms with Crippen LogP contribution in [0.15, 0.2) is 0 Å². The van der Waals surface area contributed by atoms with Crippen molar-refractivity contribution in [2.45, 2.75) is 19.8 Å². The average Bonchev–Trinajstić information content (AvgIpc) is 2.83. The van der Waals surface area contributed by atoms with E-state index in [2.05, 4.69) is 40.7 Å². The van der Waals surface area contributed by atoms with Crippen LogP contribution in [-0.4, -0.2) is 48.1 Å². The van der Waals surface area contributed by atoms with E-state index in [0.717, 1.165) is 36.3 Å². The summed E-state index contributed by atoms with van der Waals surface area (Å²) in [4.78, 5) is 13.4. The number of fused-ring (bicyclic) bond motifs is 1. The van der Waals surface area contributed by atoms with Gasteiger partial charge in [0.1, 0.15) is 11.6 Å². The maximum absolute atomic E-state index is 6.06. The van der Waals surface area contributed by atoms with Crippen molar-refractivity contribution in [1.29, 1.82) is 0 Å². The maximum atomic E-state index is 6.06. The molecule has 2 aliphatic rings. The van der Waals surface area contributed by atoms with E-state index in [9.17, 15) is 0 Å². The molecule has 1 aromatic rings. The van der Waals surface area contributed by atoms with Gasteiger partial charge in [-0.2, -0.15) is 9.97 Å². The number of anilines is 3. The Hall–Kier alpha value is -1.56. The van der Waals surface area contributed by atoms with E-state index >= 15 is 0 Å². The summed E-state index contributed by atoms with van der Waals surface area (Å²) < 4.78 is 0. The van der Waals surface area contributed by atoms with Gasteiger partial charge in [-0.25, -0.2) is 0 Å². The predicted molar refractivity (Wildman–Crippen MR) is 81.6 cm³/mol. The highest BCUT2D eigenvalue weighted by molar-refractivity contribution is 5.61. The van der Waals surface area contributed by atoms with Gasteiger partial charge in [0.2, 0.25) is 5.95 Å². The SMILES string of the molecule is CC(C)c1c(N)nc(N)nc1N1C[C@H]2CN(C)C[C@H]2C1. The molecule has 0 aliphatic carbocycles. The van der Waals surface area contributed by atoms with Gasteiger partial charge < -0.3 is 21.3 Å². The molecule has 6 nitrogen and oxygen atoms in total. The molecule has 0 radical (unpaired) electrons. The molecule has 0 unspecified atom stereocenters. The second-order valence-electron chi connectivity index (χ2n) is 6.51. The van der Waals surface area contributed by atoms with Gasteiger partial charge >= 0.3 is 0 Å². The van der Waals surface area contributed by atoms with Gasteiger partial charge in [0.25, 0.3) is 0 Å². The van der Waals surface area contributed by atoms with Gasteiger partial charge in [0, 0.05) is 31.7 Å². The zero-order valence-electron chi connectivity index (χ0n) is 12.5. The number of hydrogen-bond acceptors (Lipinski definition) is 6. The van der Waals surface area contributed by atoms with E-state index in [1.54, 1.807) is 0 Å². The van der Waals surface area contributed by atoms with Crippen molar-refractivity contribution in [1.82, 2.24) is 14.9 Å². The van der Waals surface area contributed by atoms with Crippen LogP contribution in [0.25, 0.3) is 0 Å². The van der Waals surface area contributed by atoms with Crippen molar-refractivity contribution in [3.8, 4) is 0 Å². The second-order valence-corrected chi connectivity index (χ2v) is 6.51. The molecule has 0 bridgehead atoms. The Morgan fingerprint density at radius 1 is 1.05 bits per heavy atom. The third-order valence-corrected chi connectivity index (χ3v) is 4.52. The minimum atomic E-state index is 0.274. The zero-order valence-corrected chi connectivity index (χ0v) is 12.5. The Kier molecular flexibility index (Phi) is 3.20. The van der Waals surface area contributed by atoms with Gasteiger partial charge in [-0.05, 0) is 24.8 Å². The fourth-order valence-corrected chi connectivity index (χ4v) is 3.69. The van der Waals surface area contributed by atoms with E-state index in [1.165, 1.54) is 13.1 Å². The lowest BCUT2D eigenvalue weighted by molar-refractivity contribution is 0.386. The normalized spacial score (nSPS) is 26.5. The van der Waals surface area contributed by atoms with Crippen LogP contribution >= 0.6 is 0 Å². The highest BCUT2D eigenvalue weighted by atomic mass is 15.3. The topological polar surface area (TPSA) is 84.3 Å². The van der Waals surface area contributed by atoms with Gasteiger partial charge in [-0.15, -0.1) is 0 Å². The molecule has 110 valence electrons. The maximum Gasteiger partial charge on any atom is 0.223 e. The zero-order chi connectivity index (χ0) is 14.4. The average molecular weight is 276 g/mol. The first-order valence-corrected chi connectivity index (χ1v) is 7.32. The first kappa shape index (κ1) is 13.4. The largest absolute Gasteiger partial charge is 0.383 e. The fraction of sp³-hybridized carbons (Fsp3) is 0.714. The van der Waals surface area contributed by atoms with E-state index in [0.29, 0.717) is 11.7 Å². The number of aromatic nitrogens is 2. The standard InChI is InChI=1S/C14H24N6/c1-8(2)11-12(15)17-14(16)18-13(11)20-6-9-4-19(3)5-10(9)7-20/h8-10H,4-7H2,1-3H3,(H4,15,16,17,18)/t9-,10+. The number of nitrogens with zero attached hydrogens (tertiary/aromatic N) is 4. The van der Waals surface area contributed by atoms with Crippen LogP contribution in [0.1, 0.15) is 25.3 Å². The summed E-state index contributed by atoms with van der Waals surface area (Å²) >= 11 is 0. The smallest absolute Gasteiger partial charge is 0.223 e. The summed E-state index contributed by atoms with van der Waals surface area (Å²) in [7, 11) is 2.20. The Balaban J connectivity index is 1.91. The van der Waals surface area contributed by atoms with Crippen LogP contribution in [0, 0.1) is 11.8 Å². The third kappa shape index (κ3) is 2.18. The molecular formula is C14H24N6. The van der Waals surface area contributed by atoms with Crippen LogP contribution in [0.3, 0.4) is 0 Å². The van der Waals surface area contributed by atoms with Crippen LogP contribution in [-0.2, 0) is 0 Å². The van der Waals surface area contributed by atoms with E-state index in [-0.39, 0.29) is 5.95 Å². The molecule has 20 heavy (non-hydrogen) atoms. The minimum absolute atomic E-state index is 0.274. The Bertz CT molecular complexity index is 501. The van der Waals surface area contributed by atoms with Gasteiger partial charge in [-0.1, -0.05) is 13.8 Å². The molecule has 0 saturated carbocycles. The molecule has 0 spiro atoms. The summed E-state index contributed by atoms with van der Waals surface area (Å²) in [6.07, 6.45) is 0. The molecule has 3 rings (SSSR count). The highest BCUT2D eigenvalue weighted by Gasteiger charge is 2.40. The summed E-state index contributed by atoms with van der Waals surface area (Å²) in [6.45, 7) is 8.69. The van der Waals surface area contributed by atoms with Crippen molar-refractivity contribution in [3.63, 3.8) is 0 Å². The Labute approximate surface area is 120 Å². The second kappa shape index (κ2) is 4.77. The minimum Gasteiger partial charge on any atom is -0.383 e. The Morgan fingerprint density at radius 3 is 2.20 bits per heavy atom. The Morgan fingerprint density at radius 2 is 1.65 bits per heavy atom. The van der Waals surface area contributed by atoms with Gasteiger partial charge in [-0.3, -0.25) is 0 Å². The number of nitrogen functional groups attached to an aromatic ring is 2. The van der Waals surface area contributed by atoms with E-state index in [4.69, 9.17) is 11.5 Å². The molecular weight excluding hydrogens is 252 g/mol. The van der Waals surface area contributed by atoms with Crippen LogP contribution in [0.4, 0.5) is 17.6 Å². The van der Waals surface area contributed by atoms with Crippen LogP contribution in [0.2, 0.25) is 0 Å². The quantitative estimate of drug-likeness (QED) is 0.829. The summed E-state index contributed by atoms with van der Waals surface area (Å²) in [6, 6.07) is 0. The van der Waals surface area contributed by atoms with Gasteiger partial charge in [0.15, 0.2) is 0 Å². The fourth-order valence-electron chi connectivity index (χ4n) is 3.69. The van der Waals surface area contributed by atoms with Crippen molar-refractivity contribution in [2.24, 2.45) is 11.8 Å². The number of rotatable bonds is 2. The molecule has 6 heteroatoms. The monoisotopic (exact) mass is 276 g/mol. The third-order valence-electron chi connectivity index (χ3n) is 4.52. The molecule has 2 fully saturated rings. The van der Waals surface area contributed by atoms with Crippen molar-refractivity contribution < 1.29 is 0 Å². The highest BCUT2D eigenvalue weighted by Crippen LogP contribution is 2.37. The molecule has 3 heterocycles. The molecule has 1 aromatic heterocycles. The predicted octanol–water partition coefficient (Wildman–Crippen LogP) is 0.762. The molecule has 2 saturated heterocycles. The molecule has 0 amide bonds. The molecule has 2 aliphatic heterocycles. The van der Waals surface area contributed by atoms with Gasteiger partial charge in [0.05, 0.1) is 0 Å². The lowest BCUT2D eigenvalue weighted by Crippen LogP contribution is -2.29. The molecule has 2 atom stereocenters. The summed E-state index contributed by atoms with van der Waals surface area (Å²) in [5.74, 6) is 3.51. The van der Waals surface area contributed by atoms with E-state index < -0.39 is 0 Å². The number of likely N-dealkylation sites (tertiary alicyclic amines) is 1. The molecule has 4 N–H and O–H groups in total. The summed E-state index contributed by atoms with van der Waals surface area (Å²) in [5, 5.41) is 0. The van der Waals surface area contributed by atoms with E-state index in [1.807, 2.05) is 0 Å². The first-order chi connectivity index (χ1) is 9.45. The molecule has 0 aromatic carbocycles. The lowest BCUT2D eigenvalue weighted by Gasteiger charge is -2.25. The number of hydrogen-bond donors (Lipinski definition) is 2. The van der Waals surface area contributed by atoms with Crippen molar-refractivity contribution in [2.75, 3.05) is 49.6 Å². The first-order valence-electron chi connectivity index (χ1n) is 7.32. The van der Waals surface area contributed by atoms with Crippen molar-refractivity contribution in [3.05, 3.63) is 5.56 Å². The van der Waals surface area contributed by atoms with Crippen LogP contribution in [0.5, 0.6) is 0 Å². The van der Waals surface area contributed by atoms with Crippen molar-refractivity contribution >= 4 is 17.6 Å². The van der Waals surface area contributed by atoms with Crippen LogP contribution < -0.4 is 16.4 Å². The number of nitrogens with two attached hydrogens (primary N) is 2.